The van der Waals surface area contributed by atoms with Gasteiger partial charge in [-0.05, 0) is 100.0 Å². The van der Waals surface area contributed by atoms with Crippen molar-refractivity contribution in [2.24, 2.45) is 29.1 Å². The van der Waals surface area contributed by atoms with Crippen LogP contribution in [0.4, 0.5) is 0 Å². The maximum Gasteiger partial charge on any atom is 0.220 e. The van der Waals surface area contributed by atoms with Gasteiger partial charge in [0.1, 0.15) is 0 Å². The van der Waals surface area contributed by atoms with Crippen molar-refractivity contribution in [3.8, 4) is 0 Å². The number of amides is 1. The maximum atomic E-state index is 12.1. The van der Waals surface area contributed by atoms with Gasteiger partial charge in [0.2, 0.25) is 5.91 Å². The van der Waals surface area contributed by atoms with Crippen LogP contribution in [0.15, 0.2) is 0 Å². The average Bonchev–Trinajstić information content (AvgIpc) is 2.96. The minimum absolute atomic E-state index is 0.289. The van der Waals surface area contributed by atoms with Gasteiger partial charge in [-0.3, -0.25) is 4.79 Å². The Bertz CT molecular complexity index is 378. The minimum Gasteiger partial charge on any atom is -0.356 e. The highest BCUT2D eigenvalue weighted by molar-refractivity contribution is 5.75. The molecule has 5 aliphatic rings. The number of hydrogen-bond donors (Lipinski definition) is 2. The van der Waals surface area contributed by atoms with Gasteiger partial charge in [-0.15, -0.1) is 0 Å². The summed E-state index contributed by atoms with van der Waals surface area (Å²) < 4.78 is 0. The van der Waals surface area contributed by atoms with Crippen molar-refractivity contribution in [1.29, 1.82) is 0 Å². The van der Waals surface area contributed by atoms with Crippen LogP contribution in [0.25, 0.3) is 0 Å². The maximum absolute atomic E-state index is 12.1. The Morgan fingerprint density at radius 2 is 1.77 bits per heavy atom. The zero-order valence-electron chi connectivity index (χ0n) is 13.9. The highest BCUT2D eigenvalue weighted by Gasteiger charge is 2.50. The summed E-state index contributed by atoms with van der Waals surface area (Å²) in [6, 6.07) is 0. The molecule has 1 heterocycles. The van der Waals surface area contributed by atoms with E-state index in [1.54, 1.807) is 0 Å². The van der Waals surface area contributed by atoms with Crippen molar-refractivity contribution >= 4 is 5.91 Å². The van der Waals surface area contributed by atoms with E-state index in [0.29, 0.717) is 5.41 Å². The van der Waals surface area contributed by atoms with Crippen LogP contribution in [-0.4, -0.2) is 25.5 Å². The molecule has 3 heteroatoms. The van der Waals surface area contributed by atoms with Crippen LogP contribution >= 0.6 is 0 Å². The fourth-order valence-corrected chi connectivity index (χ4v) is 6.45. The predicted octanol–water partition coefficient (Wildman–Crippen LogP) is 3.10. The number of hydrogen-bond acceptors (Lipinski definition) is 2. The lowest BCUT2D eigenvalue weighted by atomic mass is 9.49. The first-order valence-corrected chi connectivity index (χ1v) is 9.68. The third-order valence-corrected chi connectivity index (χ3v) is 7.08. The summed E-state index contributed by atoms with van der Waals surface area (Å²) in [6.07, 6.45) is 13.2. The molecule has 2 N–H and O–H groups in total. The van der Waals surface area contributed by atoms with Crippen molar-refractivity contribution < 1.29 is 4.79 Å². The molecule has 1 atom stereocenters. The molecule has 3 nitrogen and oxygen atoms in total. The fraction of sp³-hybridized carbons (Fsp3) is 0.947. The molecule has 5 rings (SSSR count). The third kappa shape index (κ3) is 3.20. The van der Waals surface area contributed by atoms with Crippen molar-refractivity contribution in [2.75, 3.05) is 19.6 Å². The van der Waals surface area contributed by atoms with Crippen LogP contribution < -0.4 is 10.6 Å². The zero-order valence-corrected chi connectivity index (χ0v) is 13.9. The monoisotopic (exact) mass is 304 g/mol. The van der Waals surface area contributed by atoms with Gasteiger partial charge in [-0.25, -0.2) is 0 Å². The first-order chi connectivity index (χ1) is 10.7. The highest BCUT2D eigenvalue weighted by Crippen LogP contribution is 2.61. The molecule has 0 aromatic rings. The second-order valence-electron chi connectivity index (χ2n) is 8.92. The van der Waals surface area contributed by atoms with E-state index >= 15 is 0 Å². The second kappa shape index (κ2) is 6.14. The van der Waals surface area contributed by atoms with Crippen LogP contribution in [0.2, 0.25) is 0 Å². The zero-order chi connectivity index (χ0) is 15.0. The molecule has 0 aromatic heterocycles. The molecular weight excluding hydrogens is 272 g/mol. The predicted molar refractivity (Wildman–Crippen MR) is 88.4 cm³/mol. The molecule has 22 heavy (non-hydrogen) atoms. The third-order valence-electron chi connectivity index (χ3n) is 7.08. The van der Waals surface area contributed by atoms with Crippen molar-refractivity contribution in [3.05, 3.63) is 0 Å². The molecule has 1 amide bonds. The lowest BCUT2D eigenvalue weighted by Gasteiger charge is -2.57. The number of nitrogens with one attached hydrogen (secondary N) is 2. The van der Waals surface area contributed by atoms with E-state index < -0.39 is 0 Å². The summed E-state index contributed by atoms with van der Waals surface area (Å²) in [5, 5.41) is 6.60. The lowest BCUT2D eigenvalue weighted by Crippen LogP contribution is -2.47. The second-order valence-corrected chi connectivity index (χ2v) is 8.92. The van der Waals surface area contributed by atoms with E-state index in [-0.39, 0.29) is 5.91 Å². The Balaban J connectivity index is 1.19. The van der Waals surface area contributed by atoms with Crippen molar-refractivity contribution in [3.63, 3.8) is 0 Å². The summed E-state index contributed by atoms with van der Waals surface area (Å²) in [4.78, 5) is 12.1. The Hall–Kier alpha value is -0.570. The molecule has 5 fully saturated rings. The van der Waals surface area contributed by atoms with Crippen LogP contribution in [0.3, 0.4) is 0 Å². The smallest absolute Gasteiger partial charge is 0.220 e. The molecule has 0 radical (unpaired) electrons. The van der Waals surface area contributed by atoms with E-state index in [1.165, 1.54) is 51.4 Å². The molecule has 124 valence electrons. The largest absolute Gasteiger partial charge is 0.356 e. The van der Waals surface area contributed by atoms with Gasteiger partial charge in [0.25, 0.3) is 0 Å². The van der Waals surface area contributed by atoms with Gasteiger partial charge < -0.3 is 10.6 Å². The Morgan fingerprint density at radius 1 is 1.09 bits per heavy atom. The number of rotatable bonds is 6. The number of carbonyl (C=O) groups excluding carboxylic acids is 1. The summed E-state index contributed by atoms with van der Waals surface area (Å²) in [5.74, 6) is 4.09. The minimum atomic E-state index is 0.289. The molecule has 0 aromatic carbocycles. The van der Waals surface area contributed by atoms with Gasteiger partial charge in [0, 0.05) is 13.0 Å². The molecule has 1 saturated heterocycles. The highest BCUT2D eigenvalue weighted by atomic mass is 16.1. The van der Waals surface area contributed by atoms with Gasteiger partial charge in [-0.1, -0.05) is 0 Å². The Labute approximate surface area is 135 Å². The van der Waals surface area contributed by atoms with Crippen LogP contribution in [0.1, 0.15) is 64.2 Å². The van der Waals surface area contributed by atoms with Crippen LogP contribution in [0.5, 0.6) is 0 Å². The standard InChI is InChI=1S/C19H32N2O/c22-18(2-1-14-3-5-20-13-14)21-6-4-19-10-15-7-16(11-19)9-17(8-15)12-19/h14-17,20H,1-13H2,(H,21,22). The van der Waals surface area contributed by atoms with Crippen molar-refractivity contribution in [1.82, 2.24) is 10.6 Å². The molecule has 4 saturated carbocycles. The van der Waals surface area contributed by atoms with E-state index in [1.807, 2.05) is 0 Å². The molecule has 1 aliphatic heterocycles. The first kappa shape index (κ1) is 15.0. The van der Waals surface area contributed by atoms with Crippen molar-refractivity contribution in [2.45, 2.75) is 64.2 Å². The first-order valence-electron chi connectivity index (χ1n) is 9.68. The van der Waals surface area contributed by atoms with E-state index in [0.717, 1.165) is 56.1 Å². The molecule has 0 spiro atoms. The van der Waals surface area contributed by atoms with Crippen LogP contribution in [-0.2, 0) is 4.79 Å². The Kier molecular flexibility index (Phi) is 4.19. The summed E-state index contributed by atoms with van der Waals surface area (Å²) in [5.41, 5.74) is 0.609. The molecular formula is C19H32N2O. The summed E-state index contributed by atoms with van der Waals surface area (Å²) in [7, 11) is 0. The topological polar surface area (TPSA) is 41.1 Å². The van der Waals surface area contributed by atoms with E-state index in [2.05, 4.69) is 10.6 Å². The summed E-state index contributed by atoms with van der Waals surface area (Å²) in [6.45, 7) is 3.17. The molecule has 4 aliphatic carbocycles. The Morgan fingerprint density at radius 3 is 2.36 bits per heavy atom. The fourth-order valence-electron chi connectivity index (χ4n) is 6.45. The number of carbonyl (C=O) groups is 1. The van der Waals surface area contributed by atoms with E-state index in [4.69, 9.17) is 0 Å². The normalized spacial score (nSPS) is 42.7. The SMILES string of the molecule is O=C(CCC1CCNC1)NCCC12CC3CC(CC(C3)C1)C2. The van der Waals surface area contributed by atoms with Crippen LogP contribution in [0, 0.1) is 29.1 Å². The quantitative estimate of drug-likeness (QED) is 0.792. The van der Waals surface area contributed by atoms with Gasteiger partial charge >= 0.3 is 0 Å². The average molecular weight is 304 g/mol. The molecule has 4 bridgehead atoms. The van der Waals surface area contributed by atoms with E-state index in [9.17, 15) is 4.79 Å². The summed E-state index contributed by atoms with van der Waals surface area (Å²) >= 11 is 0. The lowest BCUT2D eigenvalue weighted by molar-refractivity contribution is -0.121. The molecule has 1 unspecified atom stereocenters. The van der Waals surface area contributed by atoms with Gasteiger partial charge in [0.15, 0.2) is 0 Å². The van der Waals surface area contributed by atoms with Gasteiger partial charge in [-0.2, -0.15) is 0 Å². The van der Waals surface area contributed by atoms with Gasteiger partial charge in [0.05, 0.1) is 0 Å².